The van der Waals surface area contributed by atoms with Crippen molar-refractivity contribution < 1.29 is 50.9 Å². The molecule has 0 amide bonds. The fourth-order valence-electron chi connectivity index (χ4n) is 0.0454. The Morgan fingerprint density at radius 1 is 1.00 bits per heavy atom. The van der Waals surface area contributed by atoms with Crippen LogP contribution in [0.4, 0.5) is 0 Å². The molecule has 0 radical (unpaired) electrons. The van der Waals surface area contributed by atoms with Crippen LogP contribution in [0, 0.1) is 12.6 Å². The van der Waals surface area contributed by atoms with Gasteiger partial charge in [0.1, 0.15) is 0 Å². The number of hydrogen-bond acceptors (Lipinski definition) is 7. The van der Waals surface area contributed by atoms with Gasteiger partial charge in [0.25, 0.3) is 0 Å². The molecule has 0 rings (SSSR count). The van der Waals surface area contributed by atoms with Gasteiger partial charge in [-0.2, -0.15) is 0 Å². The molecule has 0 fully saturated rings. The summed E-state index contributed by atoms with van der Waals surface area (Å²) < 4.78 is 41.0. The van der Waals surface area contributed by atoms with Crippen LogP contribution in [0.3, 0.4) is 0 Å². The fraction of sp³-hybridized carbons (Fsp3) is 0. The number of hydrogen-bond donors (Lipinski definition) is 1. The van der Waals surface area contributed by atoms with Crippen LogP contribution in [0.5, 0.6) is 0 Å². The van der Waals surface area contributed by atoms with Gasteiger partial charge < -0.3 is 18.5 Å². The first-order chi connectivity index (χ1) is 4.13. The van der Waals surface area contributed by atoms with E-state index in [0.717, 1.165) is 0 Å². The van der Waals surface area contributed by atoms with E-state index in [-0.39, 0.29) is 7.43 Å². The molecule has 9 heteroatoms. The van der Waals surface area contributed by atoms with Gasteiger partial charge in [-0.25, -0.2) is 0 Å². The van der Waals surface area contributed by atoms with Crippen LogP contribution in [-0.4, -0.2) is 0 Å². The van der Waals surface area contributed by atoms with Gasteiger partial charge in [-0.3, -0.25) is 0 Å². The van der Waals surface area contributed by atoms with E-state index < -0.39 is 35.2 Å². The minimum absolute atomic E-state index is 0. The molecule has 0 saturated heterocycles. The third-order valence-electron chi connectivity index (χ3n) is 0.111. The van der Waals surface area contributed by atoms with E-state index >= 15 is 0 Å². The molecule has 0 aliphatic carbocycles. The third kappa shape index (κ3) is 23.7. The van der Waals surface area contributed by atoms with Crippen molar-refractivity contribution in [1.82, 2.24) is 0 Å². The average Bonchev–Trinajstić information content (AvgIpc) is 1.68. The molecule has 7 nitrogen and oxygen atoms in total. The van der Waals surface area contributed by atoms with Crippen LogP contribution in [-0.2, 0) is 50.9 Å². The van der Waals surface area contributed by atoms with Gasteiger partial charge in [0.2, 0.25) is 0 Å². The maximum absolute atomic E-state index is 9.40. The van der Waals surface area contributed by atoms with Gasteiger partial charge >= 0.3 is 50.9 Å². The summed E-state index contributed by atoms with van der Waals surface area (Å²) in [4.78, 5) is 0. The Bertz CT molecular complexity index is 144. The van der Waals surface area contributed by atoms with Crippen LogP contribution in [0.2, 0.25) is 0 Å². The SMILES string of the molecule is N[O-].[CH3-].[O]=[W](=[O])[O][W](=[O])=[O]. The Balaban J connectivity index is -0.000000149. The molecule has 0 spiro atoms. The Kier molecular flexibility index (Phi) is 20.5. The number of nitrogens with two attached hydrogens (primary N) is 1. The molecule has 0 aromatic heterocycles. The van der Waals surface area contributed by atoms with Crippen LogP contribution in [0.25, 0.3) is 0 Å². The molecule has 2 N–H and O–H groups in total. The van der Waals surface area contributed by atoms with Crippen LogP contribution >= 0.6 is 0 Å². The van der Waals surface area contributed by atoms with Gasteiger partial charge in [0.15, 0.2) is 0 Å². The van der Waals surface area contributed by atoms with Crippen LogP contribution < -0.4 is 5.90 Å². The summed E-state index contributed by atoms with van der Waals surface area (Å²) in [5, 5.41) is 7.75. The van der Waals surface area contributed by atoms with E-state index in [0.29, 0.717) is 0 Å². The maximum atomic E-state index is 9.40. The molecule has 0 aliphatic rings. The van der Waals surface area contributed by atoms with Gasteiger partial charge in [0, 0.05) is 0 Å². The molecule has 0 heterocycles. The molecule has 10 heavy (non-hydrogen) atoms. The second-order valence-electron chi connectivity index (χ2n) is 0.476. The first-order valence-corrected chi connectivity index (χ1v) is 8.42. The number of rotatable bonds is 2. The predicted octanol–water partition coefficient (Wildman–Crippen LogP) is -0.655. The molecule has 0 aliphatic heterocycles. The van der Waals surface area contributed by atoms with Gasteiger partial charge in [-0.15, -0.1) is 0 Å². The van der Waals surface area contributed by atoms with E-state index in [9.17, 15) is 13.6 Å². The molecule has 0 aromatic rings. The fourth-order valence-corrected chi connectivity index (χ4v) is 3.04. The van der Waals surface area contributed by atoms with Crippen molar-refractivity contribution in [2.75, 3.05) is 0 Å². The summed E-state index contributed by atoms with van der Waals surface area (Å²) in [5.74, 6) is 3.25. The molecular formula is CH5NO6W2-2. The van der Waals surface area contributed by atoms with Crippen molar-refractivity contribution in [3.8, 4) is 0 Å². The summed E-state index contributed by atoms with van der Waals surface area (Å²) in [5.41, 5.74) is 0. The summed E-state index contributed by atoms with van der Waals surface area (Å²) in [6.07, 6.45) is 0. The molecule has 64 valence electrons. The Morgan fingerprint density at radius 3 is 1.20 bits per heavy atom. The summed E-state index contributed by atoms with van der Waals surface area (Å²) in [7, 11) is 0. The van der Waals surface area contributed by atoms with Crippen molar-refractivity contribution in [2.24, 2.45) is 5.90 Å². The molecular weight excluding hydrogens is 490 g/mol. The Hall–Kier alpha value is 0.457. The van der Waals surface area contributed by atoms with Crippen molar-refractivity contribution in [3.05, 3.63) is 12.6 Å². The summed E-state index contributed by atoms with van der Waals surface area (Å²) in [6.45, 7) is 0. The molecule has 0 bridgehead atoms. The normalized spacial score (nSPS) is 6.20. The van der Waals surface area contributed by atoms with Crippen LogP contribution in [0.15, 0.2) is 0 Å². The monoisotopic (exact) mass is 495 g/mol. The molecule has 0 aromatic carbocycles. The van der Waals surface area contributed by atoms with E-state index in [1.54, 1.807) is 0 Å². The zero-order valence-electron chi connectivity index (χ0n) is 4.84. The van der Waals surface area contributed by atoms with Crippen LogP contribution in [0.1, 0.15) is 0 Å². The molecule has 0 atom stereocenters. The van der Waals surface area contributed by atoms with Gasteiger partial charge in [0.05, 0.1) is 0 Å². The minimum atomic E-state index is -4.21. The summed E-state index contributed by atoms with van der Waals surface area (Å²) in [6, 6.07) is 0. The topological polar surface area (TPSA) is 127 Å². The predicted molar refractivity (Wildman–Crippen MR) is 17.8 cm³/mol. The van der Waals surface area contributed by atoms with Crippen molar-refractivity contribution in [3.63, 3.8) is 0 Å². The van der Waals surface area contributed by atoms with Crippen molar-refractivity contribution in [2.45, 2.75) is 0 Å². The van der Waals surface area contributed by atoms with E-state index in [4.69, 9.17) is 5.21 Å². The standard InChI is InChI=1S/CH3.H2NO.5O.2W/c;1-2;;;;;;;/h1H3;1H2;;;;;;;/q2*-1;;;;;;;. The molecule has 0 unspecified atom stereocenters. The molecule has 0 saturated carbocycles. The quantitative estimate of drug-likeness (QED) is 0.399. The van der Waals surface area contributed by atoms with Crippen molar-refractivity contribution in [1.29, 1.82) is 0 Å². The van der Waals surface area contributed by atoms with Crippen molar-refractivity contribution >= 4 is 0 Å². The van der Waals surface area contributed by atoms with E-state index in [1.807, 2.05) is 0 Å². The van der Waals surface area contributed by atoms with Gasteiger partial charge in [-0.05, 0) is 0 Å². The summed E-state index contributed by atoms with van der Waals surface area (Å²) >= 11 is -8.42. The second kappa shape index (κ2) is 12.2. The second-order valence-corrected chi connectivity index (χ2v) is 7.90. The zero-order chi connectivity index (χ0) is 7.86. The van der Waals surface area contributed by atoms with Gasteiger partial charge in [-0.1, -0.05) is 0 Å². The third-order valence-corrected chi connectivity index (χ3v) is 7.44. The Morgan fingerprint density at radius 2 is 1.20 bits per heavy atom. The Labute approximate surface area is 69.4 Å². The first-order valence-electron chi connectivity index (χ1n) is 1.24. The zero-order valence-corrected chi connectivity index (χ0v) is 10.7. The first kappa shape index (κ1) is 16.8. The average molecular weight is 495 g/mol. The van der Waals surface area contributed by atoms with E-state index in [1.165, 1.54) is 0 Å². The van der Waals surface area contributed by atoms with E-state index in [2.05, 4.69) is 7.94 Å².